The maximum Gasteiger partial charge on any atom is 0.407 e. The van der Waals surface area contributed by atoms with Crippen molar-refractivity contribution in [3.8, 4) is 0 Å². The molecular weight excluding hydrogens is 263 g/mol. The van der Waals surface area contributed by atoms with Gasteiger partial charge in [0.15, 0.2) is 0 Å². The second kappa shape index (κ2) is 5.83. The zero-order valence-electron chi connectivity index (χ0n) is 11.4. The number of benzene rings is 2. The summed E-state index contributed by atoms with van der Waals surface area (Å²) in [4.78, 5) is 0. The van der Waals surface area contributed by atoms with Gasteiger partial charge >= 0.3 is 6.18 Å². The lowest BCUT2D eigenvalue weighted by Gasteiger charge is -2.21. The minimum Gasteiger partial charge on any atom is -0.316 e. The van der Waals surface area contributed by atoms with Crippen molar-refractivity contribution in [2.75, 3.05) is 0 Å². The zero-order valence-corrected chi connectivity index (χ0v) is 11.4. The Labute approximate surface area is 116 Å². The first kappa shape index (κ1) is 14.9. The Morgan fingerprint density at radius 3 is 2.45 bits per heavy atom. The van der Waals surface area contributed by atoms with Crippen LogP contribution in [0.15, 0.2) is 36.4 Å². The number of nitrogens with two attached hydrogens (primary N) is 1. The molecule has 0 aliphatic rings. The van der Waals surface area contributed by atoms with Crippen molar-refractivity contribution in [1.82, 2.24) is 0 Å². The van der Waals surface area contributed by atoms with Crippen LogP contribution >= 0.6 is 0 Å². The van der Waals surface area contributed by atoms with Crippen molar-refractivity contribution in [3.05, 3.63) is 47.5 Å². The minimum atomic E-state index is -4.43. The number of hydrogen-bond donors (Lipinski definition) is 1. The number of hydrogen-bond acceptors (Lipinski definition) is 1. The number of aryl methyl sites for hydroxylation is 1. The topological polar surface area (TPSA) is 26.0 Å². The van der Waals surface area contributed by atoms with Gasteiger partial charge in [0.25, 0.3) is 0 Å². The fraction of sp³-hybridized carbons (Fsp3) is 0.375. The van der Waals surface area contributed by atoms with Gasteiger partial charge < -0.3 is 5.73 Å². The quantitative estimate of drug-likeness (QED) is 0.860. The third-order valence-electron chi connectivity index (χ3n) is 3.52. The van der Waals surface area contributed by atoms with Crippen LogP contribution in [0, 0.1) is 0 Å². The Bertz CT molecular complexity index is 590. The van der Waals surface area contributed by atoms with Crippen LogP contribution in [0.25, 0.3) is 10.8 Å². The normalized spacial score (nSPS) is 13.7. The van der Waals surface area contributed by atoms with Crippen molar-refractivity contribution >= 4 is 10.8 Å². The van der Waals surface area contributed by atoms with E-state index in [9.17, 15) is 13.2 Å². The molecule has 2 aromatic rings. The molecule has 0 aromatic heterocycles. The second-order valence-corrected chi connectivity index (χ2v) is 4.98. The van der Waals surface area contributed by atoms with Crippen LogP contribution < -0.4 is 5.73 Å². The molecule has 0 saturated carbocycles. The molecule has 20 heavy (non-hydrogen) atoms. The van der Waals surface area contributed by atoms with E-state index < -0.39 is 12.2 Å². The average molecular weight is 281 g/mol. The summed E-state index contributed by atoms with van der Waals surface area (Å²) in [5.74, 6) is 0. The van der Waals surface area contributed by atoms with Crippen LogP contribution in [0.2, 0.25) is 0 Å². The smallest absolute Gasteiger partial charge is 0.316 e. The van der Waals surface area contributed by atoms with E-state index in [1.54, 1.807) is 18.2 Å². The summed E-state index contributed by atoms with van der Waals surface area (Å²) in [6.45, 7) is 2.02. The number of unbranched alkanes of at least 4 members (excludes halogenated alkanes) is 1. The Morgan fingerprint density at radius 2 is 1.80 bits per heavy atom. The van der Waals surface area contributed by atoms with Crippen LogP contribution in [0.3, 0.4) is 0 Å². The van der Waals surface area contributed by atoms with E-state index in [2.05, 4.69) is 0 Å². The maximum absolute atomic E-state index is 13.0. The van der Waals surface area contributed by atoms with Gasteiger partial charge in [-0.15, -0.1) is 0 Å². The maximum atomic E-state index is 13.0. The standard InChI is InChI=1S/C16H18F3N/c1-2-3-6-12-10-9-11-7-4-5-8-13(11)14(12)15(20)16(17,18)19/h4-5,7-10,15H,2-3,6,20H2,1H3/t15-/m0/s1. The molecule has 0 aliphatic carbocycles. The van der Waals surface area contributed by atoms with Gasteiger partial charge in [0.1, 0.15) is 6.04 Å². The summed E-state index contributed by atoms with van der Waals surface area (Å²) in [7, 11) is 0. The monoisotopic (exact) mass is 281 g/mol. The van der Waals surface area contributed by atoms with Crippen molar-refractivity contribution in [2.45, 2.75) is 38.4 Å². The molecule has 2 N–H and O–H groups in total. The van der Waals surface area contributed by atoms with Gasteiger partial charge in [-0.2, -0.15) is 13.2 Å². The number of halogens is 3. The molecule has 0 unspecified atom stereocenters. The highest BCUT2D eigenvalue weighted by atomic mass is 19.4. The third-order valence-corrected chi connectivity index (χ3v) is 3.52. The molecule has 1 nitrogen and oxygen atoms in total. The minimum absolute atomic E-state index is 0.226. The summed E-state index contributed by atoms with van der Waals surface area (Å²) in [6, 6.07) is 8.80. The molecule has 2 aromatic carbocycles. The molecule has 0 saturated heterocycles. The Morgan fingerprint density at radius 1 is 1.10 bits per heavy atom. The van der Waals surface area contributed by atoms with Crippen molar-refractivity contribution in [3.63, 3.8) is 0 Å². The molecule has 0 aliphatic heterocycles. The fourth-order valence-electron chi connectivity index (χ4n) is 2.46. The molecule has 1 atom stereocenters. The molecule has 0 spiro atoms. The van der Waals surface area contributed by atoms with E-state index in [-0.39, 0.29) is 5.56 Å². The predicted octanol–water partition coefficient (Wildman–Crippen LogP) is 4.74. The zero-order chi connectivity index (χ0) is 14.8. The molecular formula is C16H18F3N. The first-order chi connectivity index (χ1) is 9.45. The van der Waals surface area contributed by atoms with E-state index in [1.807, 2.05) is 25.1 Å². The summed E-state index contributed by atoms with van der Waals surface area (Å²) in [5.41, 5.74) is 6.42. The summed E-state index contributed by atoms with van der Waals surface area (Å²) in [5, 5.41) is 1.40. The molecule has 108 valence electrons. The number of fused-ring (bicyclic) bond motifs is 1. The van der Waals surface area contributed by atoms with Gasteiger partial charge in [-0.25, -0.2) is 0 Å². The van der Waals surface area contributed by atoms with Crippen LogP contribution in [0.1, 0.15) is 36.9 Å². The van der Waals surface area contributed by atoms with Gasteiger partial charge in [-0.3, -0.25) is 0 Å². The van der Waals surface area contributed by atoms with E-state index >= 15 is 0 Å². The van der Waals surface area contributed by atoms with Crippen molar-refractivity contribution in [1.29, 1.82) is 0 Å². The molecule has 2 rings (SSSR count). The van der Waals surface area contributed by atoms with Crippen LogP contribution in [-0.4, -0.2) is 6.18 Å². The molecule has 4 heteroatoms. The molecule has 0 bridgehead atoms. The first-order valence-corrected chi connectivity index (χ1v) is 6.78. The molecule has 0 fully saturated rings. The number of alkyl halides is 3. The van der Waals surface area contributed by atoms with Crippen LogP contribution in [0.4, 0.5) is 13.2 Å². The van der Waals surface area contributed by atoms with Crippen LogP contribution in [0.5, 0.6) is 0 Å². The van der Waals surface area contributed by atoms with Crippen molar-refractivity contribution in [2.24, 2.45) is 5.73 Å². The highest BCUT2D eigenvalue weighted by Gasteiger charge is 2.39. The SMILES string of the molecule is CCCCc1ccc2ccccc2c1[C@H](N)C(F)(F)F. The first-order valence-electron chi connectivity index (χ1n) is 6.78. The van der Waals surface area contributed by atoms with E-state index in [0.29, 0.717) is 17.4 Å². The molecule has 0 radical (unpaired) electrons. The highest BCUT2D eigenvalue weighted by Crippen LogP contribution is 2.37. The number of rotatable bonds is 4. The molecule has 0 heterocycles. The second-order valence-electron chi connectivity index (χ2n) is 4.98. The van der Waals surface area contributed by atoms with E-state index in [4.69, 9.17) is 5.73 Å². The lowest BCUT2D eigenvalue weighted by atomic mass is 9.91. The largest absolute Gasteiger partial charge is 0.407 e. The van der Waals surface area contributed by atoms with Crippen LogP contribution in [-0.2, 0) is 6.42 Å². The summed E-state index contributed by atoms with van der Waals surface area (Å²) in [6.07, 6.45) is -2.00. The Hall–Kier alpha value is -1.55. The fourth-order valence-corrected chi connectivity index (χ4v) is 2.46. The lowest BCUT2D eigenvalue weighted by molar-refractivity contribution is -0.149. The average Bonchev–Trinajstić information content (AvgIpc) is 2.42. The summed E-state index contributed by atoms with van der Waals surface area (Å²) < 4.78 is 39.1. The summed E-state index contributed by atoms with van der Waals surface area (Å²) >= 11 is 0. The Balaban J connectivity index is 2.61. The third kappa shape index (κ3) is 2.96. The van der Waals surface area contributed by atoms with E-state index in [1.165, 1.54) is 0 Å². The van der Waals surface area contributed by atoms with Gasteiger partial charge in [0, 0.05) is 0 Å². The van der Waals surface area contributed by atoms with Gasteiger partial charge in [0.05, 0.1) is 0 Å². The van der Waals surface area contributed by atoms with E-state index in [0.717, 1.165) is 18.2 Å². The molecule has 0 amide bonds. The predicted molar refractivity (Wildman–Crippen MR) is 75.5 cm³/mol. The van der Waals surface area contributed by atoms with Gasteiger partial charge in [0.2, 0.25) is 0 Å². The van der Waals surface area contributed by atoms with Gasteiger partial charge in [-0.1, -0.05) is 49.7 Å². The van der Waals surface area contributed by atoms with Crippen molar-refractivity contribution < 1.29 is 13.2 Å². The van der Waals surface area contributed by atoms with Gasteiger partial charge in [-0.05, 0) is 34.7 Å². The Kier molecular flexibility index (Phi) is 4.33. The highest BCUT2D eigenvalue weighted by molar-refractivity contribution is 5.87. The lowest BCUT2D eigenvalue weighted by Crippen LogP contribution is -2.29.